The first-order valence-corrected chi connectivity index (χ1v) is 11.9. The average Bonchev–Trinajstić information content (AvgIpc) is 3.44. The number of aromatic nitrogens is 2. The van der Waals surface area contributed by atoms with Crippen LogP contribution in [0, 0.1) is 0 Å². The van der Waals surface area contributed by atoms with Gasteiger partial charge >= 0.3 is 0 Å². The van der Waals surface area contributed by atoms with E-state index in [1.807, 2.05) is 12.3 Å². The van der Waals surface area contributed by atoms with Crippen LogP contribution in [-0.4, -0.2) is 14.7 Å². The van der Waals surface area contributed by atoms with Gasteiger partial charge in [0, 0.05) is 29.8 Å². The summed E-state index contributed by atoms with van der Waals surface area (Å²) in [5, 5.41) is 4.36. The van der Waals surface area contributed by atoms with E-state index in [0.29, 0.717) is 6.04 Å². The molecule has 5 rings (SSSR count). The molecule has 2 unspecified atom stereocenters. The van der Waals surface area contributed by atoms with Crippen molar-refractivity contribution in [3.05, 3.63) is 83.9 Å². The summed E-state index contributed by atoms with van der Waals surface area (Å²) < 4.78 is 2.52. The Morgan fingerprint density at radius 1 is 1.00 bits per heavy atom. The van der Waals surface area contributed by atoms with Crippen LogP contribution in [0.1, 0.15) is 74.1 Å². The predicted octanol–water partition coefficient (Wildman–Crippen LogP) is 6.13. The van der Waals surface area contributed by atoms with E-state index >= 15 is 0 Å². The van der Waals surface area contributed by atoms with Gasteiger partial charge in [-0.1, -0.05) is 44.4 Å². The average molecular weight is 431 g/mol. The summed E-state index contributed by atoms with van der Waals surface area (Å²) in [6.07, 6.45) is 11.7. The van der Waals surface area contributed by atoms with Gasteiger partial charge in [-0.3, -0.25) is 4.98 Å². The molecule has 1 N–H and O–H groups in total. The third-order valence-electron chi connectivity index (χ3n) is 6.80. The topological polar surface area (TPSA) is 33.1 Å². The minimum atomic E-state index is 0.0109. The van der Waals surface area contributed by atoms with Crippen molar-refractivity contribution >= 4 is 23.0 Å². The lowest BCUT2D eigenvalue weighted by Gasteiger charge is -2.32. The third kappa shape index (κ3) is 3.87. The summed E-state index contributed by atoms with van der Waals surface area (Å²) >= 11 is 5.89. The van der Waals surface area contributed by atoms with Gasteiger partial charge in [0.25, 0.3) is 0 Å². The maximum Gasteiger partial charge on any atom is 0.174 e. The molecule has 0 bridgehead atoms. The molecule has 0 amide bonds. The Bertz CT molecular complexity index is 1020. The lowest BCUT2D eigenvalue weighted by molar-refractivity contribution is 0.340. The number of anilines is 1. The summed E-state index contributed by atoms with van der Waals surface area (Å²) in [5.41, 5.74) is 4.81. The first kappa shape index (κ1) is 20.3. The van der Waals surface area contributed by atoms with Gasteiger partial charge in [-0.05, 0) is 73.4 Å². The Morgan fingerprint density at radius 3 is 2.52 bits per heavy atom. The van der Waals surface area contributed by atoms with E-state index in [2.05, 4.69) is 76.4 Å². The standard InChI is InChI=1S/C26H30N4S/c1-2-19-13-15-21(16-14-19)30-25(24(28-26(30)31)22-11-6-7-17-27-22)23-12-8-18-29(23)20-9-4-3-5-10-20/h6-8,11-18,20,24-25H,2-5,9-10H2,1H3,(H,28,31). The van der Waals surface area contributed by atoms with Crippen molar-refractivity contribution in [2.75, 3.05) is 4.90 Å². The smallest absolute Gasteiger partial charge is 0.174 e. The predicted molar refractivity (Wildman–Crippen MR) is 130 cm³/mol. The number of rotatable bonds is 5. The number of benzene rings is 1. The molecule has 160 valence electrons. The van der Waals surface area contributed by atoms with E-state index in [0.717, 1.165) is 22.9 Å². The molecule has 2 atom stereocenters. The molecule has 5 heteroatoms. The van der Waals surface area contributed by atoms with Crippen LogP contribution < -0.4 is 10.2 Å². The van der Waals surface area contributed by atoms with Crippen LogP contribution in [0.4, 0.5) is 5.69 Å². The highest BCUT2D eigenvalue weighted by atomic mass is 32.1. The van der Waals surface area contributed by atoms with Crippen LogP contribution >= 0.6 is 12.2 Å². The normalized spacial score (nSPS) is 22.0. The van der Waals surface area contributed by atoms with Crippen LogP contribution in [0.2, 0.25) is 0 Å². The number of thiocarbonyl (C=S) groups is 1. The number of hydrogen-bond acceptors (Lipinski definition) is 2. The lowest BCUT2D eigenvalue weighted by Crippen LogP contribution is -2.31. The zero-order chi connectivity index (χ0) is 21.2. The quantitative estimate of drug-likeness (QED) is 0.494. The molecular weight excluding hydrogens is 400 g/mol. The maximum absolute atomic E-state index is 5.89. The van der Waals surface area contributed by atoms with E-state index < -0.39 is 0 Å². The Kier molecular flexibility index (Phi) is 5.77. The van der Waals surface area contributed by atoms with Crippen molar-refractivity contribution in [3.63, 3.8) is 0 Å². The van der Waals surface area contributed by atoms with Crippen LogP contribution in [0.25, 0.3) is 0 Å². The Balaban J connectivity index is 1.59. The summed E-state index contributed by atoms with van der Waals surface area (Å²) in [5.74, 6) is 0. The molecular formula is C26H30N4S. The fraction of sp³-hybridized carbons (Fsp3) is 0.385. The SMILES string of the molecule is CCc1ccc(N2C(=S)NC(c3ccccn3)C2c2cccn2C2CCCCC2)cc1. The molecule has 3 heterocycles. The molecule has 0 spiro atoms. The Hall–Kier alpha value is -2.66. The lowest BCUT2D eigenvalue weighted by atomic mass is 9.94. The first-order chi connectivity index (χ1) is 15.3. The van der Waals surface area contributed by atoms with E-state index in [1.165, 1.54) is 43.4 Å². The van der Waals surface area contributed by atoms with Crippen molar-refractivity contribution in [1.29, 1.82) is 0 Å². The number of hydrogen-bond donors (Lipinski definition) is 1. The second-order valence-corrected chi connectivity index (χ2v) is 9.04. The van der Waals surface area contributed by atoms with Crippen LogP contribution in [0.3, 0.4) is 0 Å². The number of pyridine rings is 1. The van der Waals surface area contributed by atoms with E-state index in [1.54, 1.807) is 0 Å². The second-order valence-electron chi connectivity index (χ2n) is 8.65. The van der Waals surface area contributed by atoms with Gasteiger partial charge in [0.1, 0.15) is 6.04 Å². The van der Waals surface area contributed by atoms with Crippen molar-refractivity contribution in [3.8, 4) is 0 Å². The molecule has 1 saturated carbocycles. The molecule has 4 nitrogen and oxygen atoms in total. The summed E-state index contributed by atoms with van der Waals surface area (Å²) in [6.45, 7) is 2.19. The van der Waals surface area contributed by atoms with Gasteiger partial charge in [0.05, 0.1) is 11.7 Å². The van der Waals surface area contributed by atoms with Crippen molar-refractivity contribution in [2.24, 2.45) is 0 Å². The van der Waals surface area contributed by atoms with Crippen LogP contribution in [-0.2, 0) is 6.42 Å². The highest BCUT2D eigenvalue weighted by Crippen LogP contribution is 2.43. The van der Waals surface area contributed by atoms with Gasteiger partial charge in [-0.25, -0.2) is 0 Å². The van der Waals surface area contributed by atoms with E-state index in [4.69, 9.17) is 17.2 Å². The van der Waals surface area contributed by atoms with E-state index in [-0.39, 0.29) is 12.1 Å². The third-order valence-corrected chi connectivity index (χ3v) is 7.12. The Morgan fingerprint density at radius 2 is 1.81 bits per heavy atom. The van der Waals surface area contributed by atoms with Gasteiger partial charge in [-0.15, -0.1) is 0 Å². The van der Waals surface area contributed by atoms with Crippen LogP contribution in [0.5, 0.6) is 0 Å². The molecule has 2 aliphatic rings. The molecule has 1 aromatic carbocycles. The minimum absolute atomic E-state index is 0.0109. The fourth-order valence-electron chi connectivity index (χ4n) is 5.18. The summed E-state index contributed by atoms with van der Waals surface area (Å²) in [4.78, 5) is 6.99. The van der Waals surface area contributed by atoms with Gasteiger partial charge in [-0.2, -0.15) is 0 Å². The molecule has 1 saturated heterocycles. The second kappa shape index (κ2) is 8.83. The van der Waals surface area contributed by atoms with Crippen LogP contribution in [0.15, 0.2) is 67.0 Å². The van der Waals surface area contributed by atoms with Crippen molar-refractivity contribution in [2.45, 2.75) is 63.6 Å². The van der Waals surface area contributed by atoms with E-state index in [9.17, 15) is 0 Å². The first-order valence-electron chi connectivity index (χ1n) is 11.5. The Labute approximate surface area is 190 Å². The van der Waals surface area contributed by atoms with Gasteiger partial charge in [0.15, 0.2) is 5.11 Å². The van der Waals surface area contributed by atoms with Gasteiger partial charge < -0.3 is 14.8 Å². The molecule has 3 aromatic rings. The molecule has 1 aliphatic heterocycles. The molecule has 1 aliphatic carbocycles. The number of nitrogens with one attached hydrogen (secondary N) is 1. The maximum atomic E-state index is 5.89. The molecule has 31 heavy (non-hydrogen) atoms. The summed E-state index contributed by atoms with van der Waals surface area (Å²) in [7, 11) is 0. The number of aryl methyl sites for hydroxylation is 1. The summed E-state index contributed by atoms with van der Waals surface area (Å²) in [6, 6.07) is 20.1. The molecule has 2 fully saturated rings. The fourth-order valence-corrected chi connectivity index (χ4v) is 5.52. The van der Waals surface area contributed by atoms with Gasteiger partial charge in [0.2, 0.25) is 0 Å². The number of nitrogens with zero attached hydrogens (tertiary/aromatic N) is 3. The van der Waals surface area contributed by atoms with Crippen molar-refractivity contribution in [1.82, 2.24) is 14.9 Å². The zero-order valence-electron chi connectivity index (χ0n) is 18.1. The molecule has 0 radical (unpaired) electrons. The highest BCUT2D eigenvalue weighted by Gasteiger charge is 2.42. The minimum Gasteiger partial charge on any atom is -0.351 e. The molecule has 2 aromatic heterocycles. The van der Waals surface area contributed by atoms with Crippen molar-refractivity contribution < 1.29 is 0 Å². The zero-order valence-corrected chi connectivity index (χ0v) is 18.9. The largest absolute Gasteiger partial charge is 0.351 e. The highest BCUT2D eigenvalue weighted by molar-refractivity contribution is 7.80. The monoisotopic (exact) mass is 430 g/mol.